The van der Waals surface area contributed by atoms with Gasteiger partial charge in [0.15, 0.2) is 0 Å². The van der Waals surface area contributed by atoms with Gasteiger partial charge in [-0.25, -0.2) is 0 Å². The third-order valence-corrected chi connectivity index (χ3v) is 3.03. The Morgan fingerprint density at radius 2 is 2.13 bits per heavy atom. The molecule has 0 N–H and O–H groups in total. The zero-order valence-corrected chi connectivity index (χ0v) is 11.4. The van der Waals surface area contributed by atoms with Crippen molar-refractivity contribution in [3.8, 4) is 0 Å². The molecular weight excluding hydrogens is 273 g/mol. The van der Waals surface area contributed by atoms with Crippen LogP contribution < -0.4 is 0 Å². The van der Waals surface area contributed by atoms with E-state index in [1.54, 1.807) is 0 Å². The highest BCUT2D eigenvalue weighted by Crippen LogP contribution is 2.13. The number of benzene rings is 1. The summed E-state index contributed by atoms with van der Waals surface area (Å²) in [4.78, 5) is 2.33. The molecule has 1 nitrogen and oxygen atoms in total. The molecule has 0 radical (unpaired) electrons. The Morgan fingerprint density at radius 1 is 1.33 bits per heavy atom. The van der Waals surface area contributed by atoms with Crippen LogP contribution in [0.4, 0.5) is 0 Å². The van der Waals surface area contributed by atoms with E-state index < -0.39 is 0 Å². The summed E-state index contributed by atoms with van der Waals surface area (Å²) < 4.78 is 1.15. The molecule has 0 amide bonds. The molecule has 0 aliphatic heterocycles. The monoisotopic (exact) mass is 289 g/mol. The number of nitrogens with zero attached hydrogens (tertiary/aromatic N) is 1. The predicted octanol–water partition coefficient (Wildman–Crippen LogP) is 3.90. The number of halogens is 2. The molecule has 84 valence electrons. The fourth-order valence-corrected chi connectivity index (χ4v) is 2.14. The second kappa shape index (κ2) is 7.26. The summed E-state index contributed by atoms with van der Waals surface area (Å²) in [6, 6.07) is 8.45. The van der Waals surface area contributed by atoms with Crippen LogP contribution in [-0.2, 0) is 6.54 Å². The van der Waals surface area contributed by atoms with Crippen LogP contribution >= 0.6 is 27.5 Å². The van der Waals surface area contributed by atoms with E-state index in [4.69, 9.17) is 11.6 Å². The van der Waals surface area contributed by atoms with Crippen molar-refractivity contribution >= 4 is 27.5 Å². The third kappa shape index (κ3) is 5.55. The van der Waals surface area contributed by atoms with Gasteiger partial charge in [0, 0.05) is 16.9 Å². The molecule has 15 heavy (non-hydrogen) atoms. The number of hydrogen-bond donors (Lipinski definition) is 0. The lowest BCUT2D eigenvalue weighted by Gasteiger charge is -2.16. The highest BCUT2D eigenvalue weighted by molar-refractivity contribution is 9.10. The van der Waals surface area contributed by atoms with Crippen LogP contribution in [0.5, 0.6) is 0 Å². The van der Waals surface area contributed by atoms with Crippen molar-refractivity contribution in [3.63, 3.8) is 0 Å². The smallest absolute Gasteiger partial charge is 0.0231 e. The zero-order chi connectivity index (χ0) is 11.1. The minimum absolute atomic E-state index is 0.769. The van der Waals surface area contributed by atoms with Gasteiger partial charge in [-0.05, 0) is 44.1 Å². The van der Waals surface area contributed by atoms with Crippen LogP contribution in [0.25, 0.3) is 0 Å². The molecule has 3 heteroatoms. The van der Waals surface area contributed by atoms with Crippen LogP contribution in [0.1, 0.15) is 18.4 Å². The van der Waals surface area contributed by atoms with Gasteiger partial charge >= 0.3 is 0 Å². The summed E-state index contributed by atoms with van der Waals surface area (Å²) in [7, 11) is 2.15. The molecular formula is C12H17BrClN. The van der Waals surface area contributed by atoms with Crippen LogP contribution in [0.15, 0.2) is 28.7 Å². The molecule has 0 fully saturated rings. The molecule has 0 aromatic heterocycles. The maximum atomic E-state index is 5.64. The molecule has 0 bridgehead atoms. The number of hydrogen-bond acceptors (Lipinski definition) is 1. The summed E-state index contributed by atoms with van der Waals surface area (Å²) in [5, 5.41) is 0. The molecule has 0 unspecified atom stereocenters. The number of rotatable bonds is 6. The lowest BCUT2D eigenvalue weighted by molar-refractivity contribution is 0.321. The fraction of sp³-hybridized carbons (Fsp3) is 0.500. The van der Waals surface area contributed by atoms with E-state index in [9.17, 15) is 0 Å². The van der Waals surface area contributed by atoms with Crippen molar-refractivity contribution < 1.29 is 0 Å². The first-order valence-electron chi connectivity index (χ1n) is 5.21. The van der Waals surface area contributed by atoms with Gasteiger partial charge in [0.05, 0.1) is 0 Å². The van der Waals surface area contributed by atoms with Gasteiger partial charge in [-0.3, -0.25) is 0 Å². The summed E-state index contributed by atoms with van der Waals surface area (Å²) in [5.41, 5.74) is 1.35. The van der Waals surface area contributed by atoms with Gasteiger partial charge in [0.1, 0.15) is 0 Å². The molecule has 0 heterocycles. The summed E-state index contributed by atoms with van der Waals surface area (Å²) >= 11 is 9.12. The second-order valence-electron chi connectivity index (χ2n) is 3.76. The van der Waals surface area contributed by atoms with Gasteiger partial charge in [-0.1, -0.05) is 28.1 Å². The Kier molecular flexibility index (Phi) is 6.30. The van der Waals surface area contributed by atoms with Crippen molar-refractivity contribution in [2.45, 2.75) is 19.4 Å². The first-order valence-corrected chi connectivity index (χ1v) is 6.54. The molecule has 1 aromatic rings. The quantitative estimate of drug-likeness (QED) is 0.567. The number of alkyl halides is 1. The van der Waals surface area contributed by atoms with E-state index in [-0.39, 0.29) is 0 Å². The third-order valence-electron chi connectivity index (χ3n) is 2.26. The summed E-state index contributed by atoms with van der Waals surface area (Å²) in [6.07, 6.45) is 2.28. The van der Waals surface area contributed by atoms with Gasteiger partial charge in [0.25, 0.3) is 0 Å². The highest BCUT2D eigenvalue weighted by atomic mass is 79.9. The van der Waals surface area contributed by atoms with Crippen molar-refractivity contribution in [2.75, 3.05) is 19.5 Å². The molecule has 0 atom stereocenters. The second-order valence-corrected chi connectivity index (χ2v) is 5.06. The van der Waals surface area contributed by atoms with E-state index in [2.05, 4.69) is 52.1 Å². The normalized spacial score (nSPS) is 10.9. The van der Waals surface area contributed by atoms with E-state index in [1.165, 1.54) is 12.0 Å². The largest absolute Gasteiger partial charge is 0.302 e. The lowest BCUT2D eigenvalue weighted by Crippen LogP contribution is -2.19. The van der Waals surface area contributed by atoms with E-state index in [1.807, 2.05) is 0 Å². The van der Waals surface area contributed by atoms with Crippen LogP contribution in [0.3, 0.4) is 0 Å². The van der Waals surface area contributed by atoms with Gasteiger partial charge in [0.2, 0.25) is 0 Å². The van der Waals surface area contributed by atoms with Crippen LogP contribution in [-0.4, -0.2) is 24.4 Å². The first kappa shape index (κ1) is 13.0. The standard InChI is InChI=1S/C12H17BrClN/c1-15(8-3-2-7-14)10-11-5-4-6-12(13)9-11/h4-6,9H,2-3,7-8,10H2,1H3. The molecule has 1 rings (SSSR count). The average Bonchev–Trinajstić information content (AvgIpc) is 2.18. The Bertz CT molecular complexity index is 291. The van der Waals surface area contributed by atoms with E-state index >= 15 is 0 Å². The Balaban J connectivity index is 2.34. The highest BCUT2D eigenvalue weighted by Gasteiger charge is 2.00. The maximum Gasteiger partial charge on any atom is 0.0231 e. The minimum Gasteiger partial charge on any atom is -0.302 e. The SMILES string of the molecule is CN(CCCCCl)Cc1cccc(Br)c1. The maximum absolute atomic E-state index is 5.64. The molecule has 0 saturated heterocycles. The van der Waals surface area contributed by atoms with Gasteiger partial charge in [-0.15, -0.1) is 11.6 Å². The first-order chi connectivity index (χ1) is 7.22. The Labute approximate surface area is 106 Å². The zero-order valence-electron chi connectivity index (χ0n) is 9.05. The molecule has 1 aromatic carbocycles. The molecule has 0 aliphatic carbocycles. The van der Waals surface area contributed by atoms with Gasteiger partial charge in [-0.2, -0.15) is 0 Å². The van der Waals surface area contributed by atoms with Crippen molar-refractivity contribution in [1.82, 2.24) is 4.90 Å². The topological polar surface area (TPSA) is 3.24 Å². The minimum atomic E-state index is 0.769. The van der Waals surface area contributed by atoms with E-state index in [0.29, 0.717) is 0 Å². The molecule has 0 saturated carbocycles. The number of unbranched alkanes of at least 4 members (excludes halogenated alkanes) is 1. The van der Waals surface area contributed by atoms with Crippen molar-refractivity contribution in [3.05, 3.63) is 34.3 Å². The predicted molar refractivity (Wildman–Crippen MR) is 70.4 cm³/mol. The summed E-state index contributed by atoms with van der Waals surface area (Å²) in [6.45, 7) is 2.11. The van der Waals surface area contributed by atoms with E-state index in [0.717, 1.165) is 29.9 Å². The Hall–Kier alpha value is -0.0500. The van der Waals surface area contributed by atoms with Crippen LogP contribution in [0.2, 0.25) is 0 Å². The van der Waals surface area contributed by atoms with Crippen molar-refractivity contribution in [2.24, 2.45) is 0 Å². The Morgan fingerprint density at radius 3 is 2.80 bits per heavy atom. The van der Waals surface area contributed by atoms with Crippen molar-refractivity contribution in [1.29, 1.82) is 0 Å². The molecule has 0 spiro atoms. The summed E-state index contributed by atoms with van der Waals surface area (Å²) in [5.74, 6) is 0.769. The molecule has 0 aliphatic rings. The van der Waals surface area contributed by atoms with Crippen LogP contribution in [0, 0.1) is 0 Å². The average molecular weight is 291 g/mol. The fourth-order valence-electron chi connectivity index (χ4n) is 1.50. The lowest BCUT2D eigenvalue weighted by atomic mass is 10.2. The van der Waals surface area contributed by atoms with Gasteiger partial charge < -0.3 is 4.90 Å².